The van der Waals surface area contributed by atoms with Crippen molar-refractivity contribution in [3.63, 3.8) is 0 Å². The summed E-state index contributed by atoms with van der Waals surface area (Å²) >= 11 is 0. The summed E-state index contributed by atoms with van der Waals surface area (Å²) in [6.45, 7) is 6.86. The first-order valence-corrected chi connectivity index (χ1v) is 10.1. The number of ether oxygens (including phenoxy) is 1. The van der Waals surface area contributed by atoms with Gasteiger partial charge in [-0.2, -0.15) is 5.10 Å². The smallest absolute Gasteiger partial charge is 0.320 e. The van der Waals surface area contributed by atoms with Crippen LogP contribution in [0.4, 0.5) is 10.6 Å². The number of anilines is 1. The van der Waals surface area contributed by atoms with E-state index in [1.807, 2.05) is 50.2 Å². The third-order valence-corrected chi connectivity index (χ3v) is 5.56. The van der Waals surface area contributed by atoms with Crippen LogP contribution in [0.1, 0.15) is 13.8 Å². The Labute approximate surface area is 175 Å². The Bertz CT molecular complexity index is 1040. The molecule has 0 aliphatic carbocycles. The molecular weight excluding hydrogens is 382 g/mol. The molecule has 1 saturated heterocycles. The molecule has 4 rings (SSSR count). The summed E-state index contributed by atoms with van der Waals surface area (Å²) in [7, 11) is 3.45. The number of aromatic nitrogens is 4. The summed E-state index contributed by atoms with van der Waals surface area (Å²) in [5, 5.41) is 4.42. The third-order valence-electron chi connectivity index (χ3n) is 5.56. The zero-order valence-corrected chi connectivity index (χ0v) is 17.8. The zero-order chi connectivity index (χ0) is 21.3. The van der Waals surface area contributed by atoms with E-state index in [9.17, 15) is 4.79 Å². The lowest BCUT2D eigenvalue weighted by Crippen LogP contribution is -2.53. The predicted molar refractivity (Wildman–Crippen MR) is 115 cm³/mol. The summed E-state index contributed by atoms with van der Waals surface area (Å²) in [6, 6.07) is 6.05. The maximum absolute atomic E-state index is 12.6. The fraction of sp³-hybridized carbons (Fsp3) is 0.429. The Morgan fingerprint density at radius 1 is 1.17 bits per heavy atom. The van der Waals surface area contributed by atoms with Gasteiger partial charge in [0.15, 0.2) is 5.65 Å². The van der Waals surface area contributed by atoms with E-state index in [-0.39, 0.29) is 12.1 Å². The van der Waals surface area contributed by atoms with E-state index in [0.29, 0.717) is 19.0 Å². The van der Waals surface area contributed by atoms with Crippen LogP contribution in [0.15, 0.2) is 36.8 Å². The Hall–Kier alpha value is -3.36. The molecule has 3 aromatic heterocycles. The van der Waals surface area contributed by atoms with Crippen LogP contribution < -0.4 is 9.64 Å². The Morgan fingerprint density at radius 3 is 2.63 bits per heavy atom. The fourth-order valence-corrected chi connectivity index (χ4v) is 3.55. The lowest BCUT2D eigenvalue weighted by molar-refractivity contribution is 0.149. The molecule has 0 radical (unpaired) electrons. The Kier molecular flexibility index (Phi) is 5.43. The van der Waals surface area contributed by atoms with E-state index < -0.39 is 0 Å². The first kappa shape index (κ1) is 19.9. The van der Waals surface area contributed by atoms with Crippen molar-refractivity contribution in [2.75, 3.05) is 45.2 Å². The van der Waals surface area contributed by atoms with Gasteiger partial charge in [0.05, 0.1) is 18.9 Å². The van der Waals surface area contributed by atoms with Crippen LogP contribution in [-0.4, -0.2) is 81.8 Å². The topological polar surface area (TPSA) is 79.1 Å². The predicted octanol–water partition coefficient (Wildman–Crippen LogP) is 2.38. The first-order chi connectivity index (χ1) is 14.5. The summed E-state index contributed by atoms with van der Waals surface area (Å²) in [4.78, 5) is 27.6. The van der Waals surface area contributed by atoms with Crippen LogP contribution in [-0.2, 0) is 0 Å². The van der Waals surface area contributed by atoms with E-state index in [4.69, 9.17) is 9.72 Å². The van der Waals surface area contributed by atoms with Gasteiger partial charge in [-0.15, -0.1) is 0 Å². The van der Waals surface area contributed by atoms with Crippen LogP contribution in [0, 0.1) is 0 Å². The highest BCUT2D eigenvalue weighted by Gasteiger charge is 2.25. The van der Waals surface area contributed by atoms with Crippen LogP contribution in [0.5, 0.6) is 5.88 Å². The molecule has 0 aromatic carbocycles. The molecule has 0 saturated carbocycles. The second-order valence-corrected chi connectivity index (χ2v) is 7.63. The van der Waals surface area contributed by atoms with Crippen molar-refractivity contribution in [2.45, 2.75) is 19.9 Å². The van der Waals surface area contributed by atoms with Crippen LogP contribution in [0.25, 0.3) is 16.8 Å². The average Bonchev–Trinajstić information content (AvgIpc) is 3.21. The van der Waals surface area contributed by atoms with Crippen LogP contribution in [0.3, 0.4) is 0 Å². The van der Waals surface area contributed by atoms with Crippen molar-refractivity contribution in [3.8, 4) is 17.0 Å². The average molecular weight is 409 g/mol. The molecule has 0 N–H and O–H groups in total. The van der Waals surface area contributed by atoms with Crippen LogP contribution >= 0.6 is 0 Å². The van der Waals surface area contributed by atoms with E-state index in [1.165, 1.54) is 0 Å². The highest BCUT2D eigenvalue weighted by atomic mass is 16.5. The van der Waals surface area contributed by atoms with Crippen LogP contribution in [0.2, 0.25) is 0 Å². The molecule has 1 fully saturated rings. The van der Waals surface area contributed by atoms with Gasteiger partial charge >= 0.3 is 6.03 Å². The van der Waals surface area contributed by atoms with E-state index in [0.717, 1.165) is 35.7 Å². The molecule has 30 heavy (non-hydrogen) atoms. The molecule has 0 unspecified atom stereocenters. The Balaban J connectivity index is 1.56. The van der Waals surface area contributed by atoms with Gasteiger partial charge in [0, 0.05) is 57.2 Å². The summed E-state index contributed by atoms with van der Waals surface area (Å²) in [6.07, 6.45) is 5.39. The molecule has 9 nitrogen and oxygen atoms in total. The van der Waals surface area contributed by atoms with Crippen molar-refractivity contribution in [1.82, 2.24) is 29.4 Å². The van der Waals surface area contributed by atoms with Gasteiger partial charge in [-0.05, 0) is 32.0 Å². The number of carbonyl (C=O) groups excluding carboxylic acids is 1. The van der Waals surface area contributed by atoms with Gasteiger partial charge in [-0.3, -0.25) is 0 Å². The largest absolute Gasteiger partial charge is 0.481 e. The monoisotopic (exact) mass is 409 g/mol. The number of hydrogen-bond acceptors (Lipinski definition) is 6. The van der Waals surface area contributed by atoms with Gasteiger partial charge in [-0.25, -0.2) is 19.3 Å². The van der Waals surface area contributed by atoms with Crippen molar-refractivity contribution in [1.29, 1.82) is 0 Å². The van der Waals surface area contributed by atoms with E-state index >= 15 is 0 Å². The molecule has 4 heterocycles. The molecule has 0 bridgehead atoms. The number of carbonyl (C=O) groups is 1. The molecule has 1 aliphatic heterocycles. The van der Waals surface area contributed by atoms with Crippen molar-refractivity contribution in [3.05, 3.63) is 36.8 Å². The molecule has 1 aliphatic rings. The molecule has 2 amide bonds. The van der Waals surface area contributed by atoms with E-state index in [1.54, 1.807) is 28.9 Å². The number of amides is 2. The number of rotatable bonds is 4. The number of methoxy groups -OCH3 is 1. The minimum absolute atomic E-state index is 0.0785. The number of piperazine rings is 1. The van der Waals surface area contributed by atoms with Crippen molar-refractivity contribution < 1.29 is 9.53 Å². The summed E-state index contributed by atoms with van der Waals surface area (Å²) < 4.78 is 7.16. The third kappa shape index (κ3) is 3.62. The highest BCUT2D eigenvalue weighted by molar-refractivity contribution is 5.80. The maximum atomic E-state index is 12.6. The summed E-state index contributed by atoms with van der Waals surface area (Å²) in [5.41, 5.74) is 2.47. The normalized spacial score (nSPS) is 14.4. The van der Waals surface area contributed by atoms with Gasteiger partial charge in [0.2, 0.25) is 5.88 Å². The lowest BCUT2D eigenvalue weighted by atomic mass is 10.1. The molecule has 0 spiro atoms. The standard InChI is InChI=1S/C21H27N7O2/c1-15(2)25(3)21(29)27-12-10-26(11-13-27)18-7-9-28-19(24-18)17(14-23-28)16-6-5-8-22-20(16)30-4/h5-9,14-15H,10-13H2,1-4H3. The lowest BCUT2D eigenvalue weighted by Gasteiger charge is -2.38. The minimum Gasteiger partial charge on any atom is -0.481 e. The summed E-state index contributed by atoms with van der Waals surface area (Å²) in [5.74, 6) is 1.41. The second kappa shape index (κ2) is 8.17. The second-order valence-electron chi connectivity index (χ2n) is 7.63. The van der Waals surface area contributed by atoms with Gasteiger partial charge in [0.25, 0.3) is 0 Å². The van der Waals surface area contributed by atoms with Crippen molar-refractivity contribution in [2.24, 2.45) is 0 Å². The number of nitrogens with zero attached hydrogens (tertiary/aromatic N) is 7. The molecule has 3 aromatic rings. The SMILES string of the molecule is COc1ncccc1-c1cnn2ccc(N3CCN(C(=O)N(C)C(C)C)CC3)nc12. The quantitative estimate of drug-likeness (QED) is 0.658. The van der Waals surface area contributed by atoms with Gasteiger partial charge < -0.3 is 19.4 Å². The molecule has 0 atom stereocenters. The highest BCUT2D eigenvalue weighted by Crippen LogP contribution is 2.31. The number of pyridine rings is 1. The van der Waals surface area contributed by atoms with Crippen molar-refractivity contribution >= 4 is 17.5 Å². The minimum atomic E-state index is 0.0785. The van der Waals surface area contributed by atoms with Gasteiger partial charge in [-0.1, -0.05) is 0 Å². The molecule has 9 heteroatoms. The number of hydrogen-bond donors (Lipinski definition) is 0. The van der Waals surface area contributed by atoms with Gasteiger partial charge in [0.1, 0.15) is 5.82 Å². The fourth-order valence-electron chi connectivity index (χ4n) is 3.55. The zero-order valence-electron chi connectivity index (χ0n) is 17.8. The number of urea groups is 1. The first-order valence-electron chi connectivity index (χ1n) is 10.1. The number of fused-ring (bicyclic) bond motifs is 1. The molecule has 158 valence electrons. The maximum Gasteiger partial charge on any atom is 0.320 e. The van der Waals surface area contributed by atoms with E-state index in [2.05, 4.69) is 15.0 Å². The molecular formula is C21H27N7O2. The Morgan fingerprint density at radius 2 is 1.93 bits per heavy atom.